The number of nitro groups is 1. The number of nitrogens with one attached hydrogen (secondary N) is 1. The first-order valence-corrected chi connectivity index (χ1v) is 14.8. The summed E-state index contributed by atoms with van der Waals surface area (Å²) in [5.74, 6) is -2.76. The molecule has 4 heterocycles. The molecule has 3 saturated heterocycles. The quantitative estimate of drug-likeness (QED) is 0.158. The van der Waals surface area contributed by atoms with Gasteiger partial charge in [-0.05, 0) is 63.9 Å². The van der Waals surface area contributed by atoms with Gasteiger partial charge in [0.2, 0.25) is 0 Å². The van der Waals surface area contributed by atoms with Gasteiger partial charge in [-0.3, -0.25) is 10.1 Å². The number of nitro benzene ring substituents is 1. The molecular weight excluding hydrogens is 601 g/mol. The number of nitrogens with zero attached hydrogens (tertiary/aromatic N) is 5. The topological polar surface area (TPSA) is 123 Å². The molecule has 242 valence electrons. The van der Waals surface area contributed by atoms with Crippen LogP contribution in [0.3, 0.4) is 0 Å². The second kappa shape index (κ2) is 11.2. The standard InChI is InChI=1S/C30H34F5N7O3/c1-15-9-20(36)26(42(43)44)22(23(15)30(33,34)35)21-19(31)10-18-25(24(21)32)38-28(45-14-29(2)7-4-8-40(3)13-29)39-27(18)41-11-16-5-6-17(12-41)37-16/h9-10,16-17,37H,4-8,11-14,36H2,1-3H3/t16-,17+,29-/m1/s1. The molecule has 2 bridgehead atoms. The Labute approximate surface area is 255 Å². The van der Waals surface area contributed by atoms with E-state index < -0.39 is 61.9 Å². The summed E-state index contributed by atoms with van der Waals surface area (Å²) in [7, 11) is 2.00. The summed E-state index contributed by atoms with van der Waals surface area (Å²) in [4.78, 5) is 23.7. The Morgan fingerprint density at radius 3 is 2.49 bits per heavy atom. The maximum atomic E-state index is 16.7. The Hall–Kier alpha value is -3.85. The number of halogens is 5. The van der Waals surface area contributed by atoms with E-state index in [1.165, 1.54) is 0 Å². The van der Waals surface area contributed by atoms with Gasteiger partial charge in [0.05, 0.1) is 28.2 Å². The summed E-state index contributed by atoms with van der Waals surface area (Å²) in [6.07, 6.45) is -1.57. The minimum absolute atomic E-state index is 0.0807. The molecule has 0 amide bonds. The Kier molecular flexibility index (Phi) is 7.75. The van der Waals surface area contributed by atoms with Crippen LogP contribution in [0.1, 0.15) is 43.7 Å². The summed E-state index contributed by atoms with van der Waals surface area (Å²) < 4.78 is 81.9. The molecule has 3 aromatic rings. The first-order chi connectivity index (χ1) is 21.1. The third kappa shape index (κ3) is 5.71. The van der Waals surface area contributed by atoms with E-state index in [2.05, 4.69) is 20.2 Å². The lowest BCUT2D eigenvalue weighted by atomic mass is 9.83. The molecule has 3 atom stereocenters. The second-order valence-electron chi connectivity index (χ2n) is 12.9. The zero-order chi connectivity index (χ0) is 32.4. The van der Waals surface area contributed by atoms with E-state index in [0.717, 1.165) is 57.8 Å². The third-order valence-corrected chi connectivity index (χ3v) is 9.12. The molecule has 10 nitrogen and oxygen atoms in total. The second-order valence-corrected chi connectivity index (χ2v) is 12.9. The van der Waals surface area contributed by atoms with Gasteiger partial charge in [0.1, 0.15) is 22.8 Å². The van der Waals surface area contributed by atoms with Crippen LogP contribution in [0.2, 0.25) is 0 Å². The molecule has 0 saturated carbocycles. The fourth-order valence-corrected chi connectivity index (χ4v) is 7.25. The van der Waals surface area contributed by atoms with Gasteiger partial charge in [-0.25, -0.2) is 8.78 Å². The number of likely N-dealkylation sites (tertiary alicyclic amines) is 1. The molecule has 15 heteroatoms. The summed E-state index contributed by atoms with van der Waals surface area (Å²) in [6.45, 7) is 5.89. The number of rotatable bonds is 6. The van der Waals surface area contributed by atoms with Crippen molar-refractivity contribution in [3.8, 4) is 17.1 Å². The zero-order valence-corrected chi connectivity index (χ0v) is 25.1. The number of anilines is 2. The fourth-order valence-electron chi connectivity index (χ4n) is 7.25. The number of nitrogens with two attached hydrogens (primary N) is 1. The van der Waals surface area contributed by atoms with E-state index in [1.54, 1.807) is 0 Å². The van der Waals surface area contributed by atoms with E-state index in [-0.39, 0.29) is 41.3 Å². The summed E-state index contributed by atoms with van der Waals surface area (Å²) in [6, 6.07) is 1.64. The van der Waals surface area contributed by atoms with E-state index in [4.69, 9.17) is 10.5 Å². The van der Waals surface area contributed by atoms with Crippen LogP contribution in [0.15, 0.2) is 12.1 Å². The van der Waals surface area contributed by atoms with Gasteiger partial charge < -0.3 is 25.6 Å². The number of aryl methyl sites for hydroxylation is 1. The highest BCUT2D eigenvalue weighted by Gasteiger charge is 2.43. The van der Waals surface area contributed by atoms with Gasteiger partial charge in [0.25, 0.3) is 0 Å². The molecular formula is C30H34F5N7O3. The van der Waals surface area contributed by atoms with Crippen LogP contribution < -0.4 is 20.7 Å². The van der Waals surface area contributed by atoms with Crippen LogP contribution in [0.5, 0.6) is 6.01 Å². The molecule has 0 aliphatic carbocycles. The molecule has 45 heavy (non-hydrogen) atoms. The van der Waals surface area contributed by atoms with Gasteiger partial charge in [-0.15, -0.1) is 0 Å². The van der Waals surface area contributed by atoms with E-state index in [1.807, 2.05) is 18.9 Å². The molecule has 2 aromatic carbocycles. The van der Waals surface area contributed by atoms with Crippen molar-refractivity contribution in [3.63, 3.8) is 0 Å². The lowest BCUT2D eigenvalue weighted by molar-refractivity contribution is -0.383. The largest absolute Gasteiger partial charge is 0.463 e. The molecule has 0 spiro atoms. The smallest absolute Gasteiger partial charge is 0.417 e. The van der Waals surface area contributed by atoms with Crippen molar-refractivity contribution in [3.05, 3.63) is 45.0 Å². The number of aromatic nitrogens is 2. The van der Waals surface area contributed by atoms with Crippen molar-refractivity contribution in [2.75, 3.05) is 50.5 Å². The molecule has 1 aromatic heterocycles. The number of alkyl halides is 3. The Morgan fingerprint density at radius 2 is 1.87 bits per heavy atom. The Bertz CT molecular complexity index is 1670. The number of hydrogen-bond acceptors (Lipinski definition) is 9. The summed E-state index contributed by atoms with van der Waals surface area (Å²) in [5, 5.41) is 15.4. The van der Waals surface area contributed by atoms with Crippen LogP contribution in [0.25, 0.3) is 22.0 Å². The van der Waals surface area contributed by atoms with Gasteiger partial charge in [0, 0.05) is 42.5 Å². The SMILES string of the molecule is Cc1cc(N)c([N+](=O)[O-])c(-c2c(F)cc3c(N4C[C@H]5CC[C@@H](C4)N5)nc(OC[C@]4(C)CCCN(C)C4)nc3c2F)c1C(F)(F)F. The first-order valence-electron chi connectivity index (χ1n) is 14.8. The van der Waals surface area contributed by atoms with Crippen LogP contribution in [0.4, 0.5) is 39.1 Å². The van der Waals surface area contributed by atoms with Crippen molar-refractivity contribution in [2.45, 2.75) is 57.8 Å². The molecule has 3 aliphatic heterocycles. The molecule has 0 unspecified atom stereocenters. The Morgan fingerprint density at radius 1 is 1.18 bits per heavy atom. The van der Waals surface area contributed by atoms with Crippen LogP contribution in [-0.2, 0) is 6.18 Å². The molecule has 6 rings (SSSR count). The lowest BCUT2D eigenvalue weighted by Crippen LogP contribution is -2.51. The number of benzene rings is 2. The summed E-state index contributed by atoms with van der Waals surface area (Å²) >= 11 is 0. The van der Waals surface area contributed by atoms with Crippen molar-refractivity contribution in [2.24, 2.45) is 5.41 Å². The van der Waals surface area contributed by atoms with Crippen molar-refractivity contribution in [1.82, 2.24) is 20.2 Å². The maximum absolute atomic E-state index is 16.7. The average Bonchev–Trinajstić information content (AvgIpc) is 3.27. The number of piperidine rings is 1. The maximum Gasteiger partial charge on any atom is 0.417 e. The normalized spacial score (nSPS) is 24.0. The van der Waals surface area contributed by atoms with Gasteiger partial charge >= 0.3 is 17.9 Å². The van der Waals surface area contributed by atoms with Gasteiger partial charge in [-0.1, -0.05) is 6.92 Å². The zero-order valence-electron chi connectivity index (χ0n) is 25.1. The highest BCUT2D eigenvalue weighted by Crippen LogP contribution is 2.49. The van der Waals surface area contributed by atoms with Gasteiger partial charge in [0.15, 0.2) is 5.82 Å². The van der Waals surface area contributed by atoms with Crippen LogP contribution >= 0.6 is 0 Å². The lowest BCUT2D eigenvalue weighted by Gasteiger charge is -2.38. The minimum atomic E-state index is -5.19. The highest BCUT2D eigenvalue weighted by atomic mass is 19.4. The number of fused-ring (bicyclic) bond motifs is 3. The van der Waals surface area contributed by atoms with Crippen LogP contribution in [0, 0.1) is 34.1 Å². The molecule has 0 radical (unpaired) electrons. The minimum Gasteiger partial charge on any atom is -0.463 e. The first kappa shape index (κ1) is 31.1. The number of piperazine rings is 1. The number of nitrogen functional groups attached to an aromatic ring is 1. The highest BCUT2D eigenvalue weighted by molar-refractivity contribution is 5.96. The molecule has 3 aliphatic rings. The predicted molar refractivity (Wildman–Crippen MR) is 158 cm³/mol. The molecule has 3 N–H and O–H groups in total. The van der Waals surface area contributed by atoms with Crippen molar-refractivity contribution < 1.29 is 31.6 Å². The van der Waals surface area contributed by atoms with Gasteiger partial charge in [-0.2, -0.15) is 23.1 Å². The number of hydrogen-bond donors (Lipinski definition) is 2. The third-order valence-electron chi connectivity index (χ3n) is 9.12. The van der Waals surface area contributed by atoms with Crippen molar-refractivity contribution in [1.29, 1.82) is 0 Å². The Balaban J connectivity index is 1.57. The van der Waals surface area contributed by atoms with E-state index >= 15 is 8.78 Å². The predicted octanol–water partition coefficient (Wildman–Crippen LogP) is 5.44. The van der Waals surface area contributed by atoms with Crippen LogP contribution in [-0.4, -0.2) is 71.7 Å². The fraction of sp³-hybridized carbons (Fsp3) is 0.533. The summed E-state index contributed by atoms with van der Waals surface area (Å²) in [5.41, 5.74) is -1.51. The monoisotopic (exact) mass is 635 g/mol. The molecule has 3 fully saturated rings. The van der Waals surface area contributed by atoms with E-state index in [9.17, 15) is 23.3 Å². The van der Waals surface area contributed by atoms with E-state index in [0.29, 0.717) is 13.1 Å². The average molecular weight is 636 g/mol. The number of ether oxygens (including phenoxy) is 1. The van der Waals surface area contributed by atoms with Crippen molar-refractivity contribution >= 4 is 28.1 Å².